The second kappa shape index (κ2) is 8.81. The second-order valence-corrected chi connectivity index (χ2v) is 10.6. The molecule has 1 amide bonds. The molecule has 4 nitrogen and oxygen atoms in total. The Morgan fingerprint density at radius 3 is 1.73 bits per heavy atom. The number of aromatic hydroxyl groups is 2. The summed E-state index contributed by atoms with van der Waals surface area (Å²) in [5, 5.41) is 21.2. The minimum Gasteiger partial charge on any atom is -0.507 e. The van der Waals surface area contributed by atoms with Crippen LogP contribution in [0.2, 0.25) is 0 Å². The van der Waals surface area contributed by atoms with E-state index in [1.165, 1.54) is 0 Å². The Morgan fingerprint density at radius 2 is 1.22 bits per heavy atom. The summed E-state index contributed by atoms with van der Waals surface area (Å²) in [6.07, 6.45) is 0. The number of rotatable bonds is 4. The van der Waals surface area contributed by atoms with Gasteiger partial charge in [0.2, 0.25) is 0 Å². The normalized spacial score (nSPS) is 14.4. The number of fused-ring (bicyclic) bond motifs is 1. The first-order valence-corrected chi connectivity index (χ1v) is 12.7. The molecule has 0 radical (unpaired) electrons. The second-order valence-electron chi connectivity index (χ2n) is 10.6. The zero-order chi connectivity index (χ0) is 26.6. The number of amides is 1. The quantitative estimate of drug-likeness (QED) is 0.311. The van der Waals surface area contributed by atoms with Crippen molar-refractivity contribution in [2.75, 3.05) is 4.90 Å². The van der Waals surface area contributed by atoms with E-state index in [2.05, 4.69) is 26.0 Å². The van der Waals surface area contributed by atoms with Gasteiger partial charge in [0, 0.05) is 11.3 Å². The molecule has 0 spiro atoms. The van der Waals surface area contributed by atoms with Crippen molar-refractivity contribution in [3.63, 3.8) is 0 Å². The molecule has 0 saturated heterocycles. The van der Waals surface area contributed by atoms with Gasteiger partial charge in [0.05, 0.1) is 5.69 Å². The molecule has 1 heterocycles. The molecular weight excluding hydrogens is 458 g/mol. The van der Waals surface area contributed by atoms with Gasteiger partial charge < -0.3 is 10.2 Å². The van der Waals surface area contributed by atoms with Crippen molar-refractivity contribution < 1.29 is 15.0 Å². The van der Waals surface area contributed by atoms with E-state index >= 15 is 0 Å². The number of hydrogen-bond acceptors (Lipinski definition) is 3. The maximum Gasteiger partial charge on any atom is 0.251 e. The minimum absolute atomic E-state index is 0.0800. The molecule has 4 heteroatoms. The molecule has 37 heavy (non-hydrogen) atoms. The molecule has 5 rings (SSSR count). The molecular formula is C33H33NO3. The molecule has 1 aliphatic rings. The Bertz CT molecular complexity index is 1450. The Labute approximate surface area is 218 Å². The van der Waals surface area contributed by atoms with Crippen LogP contribution in [0.4, 0.5) is 11.4 Å². The highest BCUT2D eigenvalue weighted by molar-refractivity contribution is 6.17. The topological polar surface area (TPSA) is 60.8 Å². The highest BCUT2D eigenvalue weighted by Crippen LogP contribution is 2.54. The third-order valence-electron chi connectivity index (χ3n) is 7.72. The van der Waals surface area contributed by atoms with Gasteiger partial charge >= 0.3 is 0 Å². The molecule has 0 aromatic heterocycles. The van der Waals surface area contributed by atoms with Crippen molar-refractivity contribution in [2.45, 2.75) is 52.9 Å². The van der Waals surface area contributed by atoms with Crippen LogP contribution in [0.15, 0.2) is 72.8 Å². The number of benzene rings is 4. The average Bonchev–Trinajstić information content (AvgIpc) is 3.14. The monoisotopic (exact) mass is 491 g/mol. The van der Waals surface area contributed by atoms with Crippen LogP contribution in [0.5, 0.6) is 11.5 Å². The van der Waals surface area contributed by atoms with Gasteiger partial charge in [0.25, 0.3) is 5.91 Å². The Balaban J connectivity index is 1.89. The SMILES string of the molecule is Cc1cc(C2(c3cc(C)c(O)c(C)c3)C(=O)N(c3cccc(C(C)C)c3)c3ccccc32)cc(C)c1O. The summed E-state index contributed by atoms with van der Waals surface area (Å²) in [7, 11) is 0. The summed E-state index contributed by atoms with van der Waals surface area (Å²) >= 11 is 0. The highest BCUT2D eigenvalue weighted by atomic mass is 16.3. The standard InChI is InChI=1S/C33H33NO3/c1-19(2)24-10-9-11-27(18-24)34-29-13-8-7-12-28(29)33(32(34)37,25-14-20(3)30(35)21(4)15-25)26-16-22(5)31(36)23(6)17-26/h7-19,35-36H,1-6H3. The van der Waals surface area contributed by atoms with Gasteiger partial charge in [0.15, 0.2) is 0 Å². The van der Waals surface area contributed by atoms with Gasteiger partial charge in [-0.05, 0) is 90.8 Å². The fourth-order valence-corrected chi connectivity index (χ4v) is 5.73. The van der Waals surface area contributed by atoms with E-state index in [1.807, 2.05) is 93.3 Å². The highest BCUT2D eigenvalue weighted by Gasteiger charge is 2.54. The predicted molar refractivity (Wildman–Crippen MR) is 149 cm³/mol. The molecule has 4 aromatic rings. The van der Waals surface area contributed by atoms with E-state index in [-0.39, 0.29) is 17.4 Å². The first kappa shape index (κ1) is 24.6. The Morgan fingerprint density at radius 1 is 0.703 bits per heavy atom. The van der Waals surface area contributed by atoms with Crippen molar-refractivity contribution in [1.29, 1.82) is 0 Å². The number of aryl methyl sites for hydroxylation is 4. The number of carbonyl (C=O) groups excluding carboxylic acids is 1. The van der Waals surface area contributed by atoms with E-state index in [0.29, 0.717) is 28.2 Å². The maximum absolute atomic E-state index is 15.0. The zero-order valence-electron chi connectivity index (χ0n) is 22.3. The summed E-state index contributed by atoms with van der Waals surface area (Å²) in [5.74, 6) is 0.709. The number of nitrogens with zero attached hydrogens (tertiary/aromatic N) is 1. The summed E-state index contributed by atoms with van der Waals surface area (Å²) in [6, 6.07) is 23.8. The van der Waals surface area contributed by atoms with E-state index in [1.54, 1.807) is 0 Å². The number of para-hydroxylation sites is 1. The lowest BCUT2D eigenvalue weighted by Crippen LogP contribution is -2.40. The Kier molecular flexibility index (Phi) is 5.86. The van der Waals surface area contributed by atoms with Crippen molar-refractivity contribution in [3.05, 3.63) is 117 Å². The van der Waals surface area contributed by atoms with E-state index in [9.17, 15) is 15.0 Å². The van der Waals surface area contributed by atoms with Crippen LogP contribution in [0.3, 0.4) is 0 Å². The molecule has 2 N–H and O–H groups in total. The van der Waals surface area contributed by atoms with Crippen molar-refractivity contribution in [3.8, 4) is 11.5 Å². The number of anilines is 2. The third-order valence-corrected chi connectivity index (χ3v) is 7.72. The molecule has 188 valence electrons. The Hall–Kier alpha value is -4.05. The lowest BCUT2D eigenvalue weighted by molar-refractivity contribution is -0.120. The van der Waals surface area contributed by atoms with Gasteiger partial charge in [0.1, 0.15) is 16.9 Å². The third kappa shape index (κ3) is 3.62. The fourth-order valence-electron chi connectivity index (χ4n) is 5.73. The average molecular weight is 492 g/mol. The van der Waals surface area contributed by atoms with Gasteiger partial charge in [-0.3, -0.25) is 9.69 Å². The van der Waals surface area contributed by atoms with Gasteiger partial charge in [-0.25, -0.2) is 0 Å². The van der Waals surface area contributed by atoms with E-state index < -0.39 is 5.41 Å². The fraction of sp³-hybridized carbons (Fsp3) is 0.242. The summed E-state index contributed by atoms with van der Waals surface area (Å²) < 4.78 is 0. The molecule has 0 saturated carbocycles. The van der Waals surface area contributed by atoms with Crippen LogP contribution in [0, 0.1) is 27.7 Å². The van der Waals surface area contributed by atoms with Gasteiger partial charge in [-0.15, -0.1) is 0 Å². The number of carbonyl (C=O) groups is 1. The number of hydrogen-bond donors (Lipinski definition) is 2. The van der Waals surface area contributed by atoms with Crippen LogP contribution < -0.4 is 4.90 Å². The smallest absolute Gasteiger partial charge is 0.251 e. The van der Waals surface area contributed by atoms with Crippen molar-refractivity contribution in [2.24, 2.45) is 0 Å². The maximum atomic E-state index is 15.0. The van der Waals surface area contributed by atoms with Crippen LogP contribution in [-0.2, 0) is 10.2 Å². The molecule has 4 aromatic carbocycles. The largest absolute Gasteiger partial charge is 0.507 e. The molecule has 0 bridgehead atoms. The predicted octanol–water partition coefficient (Wildman–Crippen LogP) is 7.47. The first-order chi connectivity index (χ1) is 17.6. The number of phenolic OH excluding ortho intramolecular Hbond substituents is 2. The van der Waals surface area contributed by atoms with Crippen LogP contribution in [-0.4, -0.2) is 16.1 Å². The van der Waals surface area contributed by atoms with Gasteiger partial charge in [-0.2, -0.15) is 0 Å². The van der Waals surface area contributed by atoms with Crippen LogP contribution in [0.1, 0.15) is 64.3 Å². The van der Waals surface area contributed by atoms with Crippen molar-refractivity contribution in [1.82, 2.24) is 0 Å². The van der Waals surface area contributed by atoms with Crippen molar-refractivity contribution >= 4 is 17.3 Å². The lowest BCUT2D eigenvalue weighted by atomic mass is 9.69. The van der Waals surface area contributed by atoms with E-state index in [4.69, 9.17) is 0 Å². The summed E-state index contributed by atoms with van der Waals surface area (Å²) in [5.41, 5.74) is 6.99. The molecule has 0 aliphatic carbocycles. The molecule has 0 fully saturated rings. The molecule has 0 unspecified atom stereocenters. The van der Waals surface area contributed by atoms with Crippen LogP contribution in [0.25, 0.3) is 0 Å². The van der Waals surface area contributed by atoms with Gasteiger partial charge in [-0.1, -0.05) is 68.4 Å². The number of phenols is 2. The molecule has 1 aliphatic heterocycles. The zero-order valence-corrected chi connectivity index (χ0v) is 22.3. The van der Waals surface area contributed by atoms with Crippen LogP contribution >= 0.6 is 0 Å². The summed E-state index contributed by atoms with van der Waals surface area (Å²) in [4.78, 5) is 16.8. The summed E-state index contributed by atoms with van der Waals surface area (Å²) in [6.45, 7) is 11.7. The van der Waals surface area contributed by atoms with E-state index in [0.717, 1.165) is 33.6 Å². The lowest BCUT2D eigenvalue weighted by Gasteiger charge is -2.32. The minimum atomic E-state index is -1.16. The first-order valence-electron chi connectivity index (χ1n) is 12.7. The molecule has 0 atom stereocenters.